The Bertz CT molecular complexity index is 590. The van der Waals surface area contributed by atoms with Gasteiger partial charge in [-0.2, -0.15) is 0 Å². The first kappa shape index (κ1) is 18.1. The summed E-state index contributed by atoms with van der Waals surface area (Å²) >= 11 is 0. The zero-order valence-corrected chi connectivity index (χ0v) is 15.0. The molecule has 1 aromatic carbocycles. The predicted octanol–water partition coefficient (Wildman–Crippen LogP) is 2.15. The molecular formula is C19H28FN3O2. The second-order valence-electron chi connectivity index (χ2n) is 6.74. The molecule has 0 aliphatic carbocycles. The molecule has 3 rings (SSSR count). The first-order valence-corrected chi connectivity index (χ1v) is 9.32. The highest BCUT2D eigenvalue weighted by Gasteiger charge is 2.27. The number of likely N-dealkylation sites (tertiary alicyclic amines) is 1. The molecule has 138 valence electrons. The van der Waals surface area contributed by atoms with Crippen molar-refractivity contribution in [3.63, 3.8) is 0 Å². The van der Waals surface area contributed by atoms with Crippen LogP contribution in [-0.4, -0.2) is 56.2 Å². The average molecular weight is 349 g/mol. The zero-order valence-electron chi connectivity index (χ0n) is 15.0. The Morgan fingerprint density at radius 1 is 1.28 bits per heavy atom. The number of hydrogen-bond acceptors (Lipinski definition) is 4. The van der Waals surface area contributed by atoms with Gasteiger partial charge in [-0.15, -0.1) is 0 Å². The van der Waals surface area contributed by atoms with Crippen molar-refractivity contribution in [2.45, 2.75) is 38.8 Å². The second-order valence-corrected chi connectivity index (χ2v) is 6.74. The third kappa shape index (κ3) is 4.50. The lowest BCUT2D eigenvalue weighted by Crippen LogP contribution is -2.49. The number of nitrogens with zero attached hydrogens (tertiary/aromatic N) is 2. The number of halogens is 1. The van der Waals surface area contributed by atoms with E-state index in [1.165, 1.54) is 6.07 Å². The van der Waals surface area contributed by atoms with Gasteiger partial charge in [0.05, 0.1) is 24.9 Å². The molecule has 0 spiro atoms. The smallest absolute Gasteiger partial charge is 0.237 e. The summed E-state index contributed by atoms with van der Waals surface area (Å²) in [6, 6.07) is 5.19. The normalized spacial score (nSPS) is 22.0. The first-order valence-electron chi connectivity index (χ1n) is 9.32. The molecule has 2 heterocycles. The van der Waals surface area contributed by atoms with E-state index in [1.54, 1.807) is 6.07 Å². The number of benzene rings is 1. The molecular weight excluding hydrogens is 321 g/mol. The fourth-order valence-electron chi connectivity index (χ4n) is 3.69. The molecule has 1 atom stereocenters. The molecule has 0 aromatic heterocycles. The summed E-state index contributed by atoms with van der Waals surface area (Å²) in [7, 11) is 0. The van der Waals surface area contributed by atoms with E-state index in [0.717, 1.165) is 37.9 Å². The number of piperidine rings is 1. The fourth-order valence-corrected chi connectivity index (χ4v) is 3.69. The van der Waals surface area contributed by atoms with Crippen LogP contribution in [0.5, 0.6) is 0 Å². The lowest BCUT2D eigenvalue weighted by atomic mass is 10.0. The highest BCUT2D eigenvalue weighted by Crippen LogP contribution is 2.22. The maximum absolute atomic E-state index is 14.4. The molecule has 25 heavy (non-hydrogen) atoms. The Hall–Kier alpha value is -1.66. The van der Waals surface area contributed by atoms with Gasteiger partial charge in [0.1, 0.15) is 5.82 Å². The number of amides is 1. The Morgan fingerprint density at radius 3 is 2.80 bits per heavy atom. The number of morpholine rings is 1. The number of anilines is 1. The minimum absolute atomic E-state index is 0.0452. The summed E-state index contributed by atoms with van der Waals surface area (Å²) in [5.74, 6) is -0.180. The second kappa shape index (κ2) is 8.63. The quantitative estimate of drug-likeness (QED) is 0.885. The van der Waals surface area contributed by atoms with Crippen molar-refractivity contribution in [2.24, 2.45) is 0 Å². The molecule has 0 saturated carbocycles. The van der Waals surface area contributed by atoms with E-state index >= 15 is 0 Å². The van der Waals surface area contributed by atoms with Gasteiger partial charge < -0.3 is 15.0 Å². The van der Waals surface area contributed by atoms with Gasteiger partial charge in [0.25, 0.3) is 0 Å². The molecule has 0 unspecified atom stereocenters. The predicted molar refractivity (Wildman–Crippen MR) is 96.2 cm³/mol. The van der Waals surface area contributed by atoms with Gasteiger partial charge in [-0.3, -0.25) is 9.69 Å². The molecule has 0 bridgehead atoms. The number of hydrogen-bond donors (Lipinski definition) is 1. The highest BCUT2D eigenvalue weighted by atomic mass is 19.1. The number of likely N-dealkylation sites (N-methyl/N-ethyl adjacent to an activating group) is 1. The van der Waals surface area contributed by atoms with E-state index < -0.39 is 0 Å². The van der Waals surface area contributed by atoms with Crippen molar-refractivity contribution in [1.82, 2.24) is 10.2 Å². The first-order chi connectivity index (χ1) is 12.2. The molecule has 2 fully saturated rings. The van der Waals surface area contributed by atoms with Crippen LogP contribution < -0.4 is 10.2 Å². The van der Waals surface area contributed by atoms with Crippen LogP contribution >= 0.6 is 0 Å². The van der Waals surface area contributed by atoms with Crippen molar-refractivity contribution in [2.75, 3.05) is 44.3 Å². The monoisotopic (exact) mass is 349 g/mol. The van der Waals surface area contributed by atoms with Crippen molar-refractivity contribution >= 4 is 11.6 Å². The number of carbonyl (C=O) groups is 1. The zero-order chi connectivity index (χ0) is 17.6. The standard InChI is InChI=1S/C19H28FN3O2/c1-2-22-8-4-3-5-18(22)19(24)21-14-15-6-7-17(16(20)13-15)23-9-11-25-12-10-23/h6-7,13,18H,2-5,8-12,14H2,1H3,(H,21,24)/t18-/m0/s1. The van der Waals surface area contributed by atoms with E-state index in [4.69, 9.17) is 4.74 Å². The summed E-state index contributed by atoms with van der Waals surface area (Å²) in [6.45, 7) is 7.01. The number of carbonyl (C=O) groups excluding carboxylic acids is 1. The maximum atomic E-state index is 14.4. The Kier molecular flexibility index (Phi) is 6.26. The minimum atomic E-state index is -0.235. The third-order valence-electron chi connectivity index (χ3n) is 5.15. The number of rotatable bonds is 5. The van der Waals surface area contributed by atoms with Gasteiger partial charge in [0.15, 0.2) is 0 Å². The van der Waals surface area contributed by atoms with E-state index in [9.17, 15) is 9.18 Å². The van der Waals surface area contributed by atoms with Gasteiger partial charge >= 0.3 is 0 Å². The van der Waals surface area contributed by atoms with E-state index in [1.807, 2.05) is 11.0 Å². The third-order valence-corrected chi connectivity index (χ3v) is 5.15. The van der Waals surface area contributed by atoms with Crippen LogP contribution in [0.15, 0.2) is 18.2 Å². The van der Waals surface area contributed by atoms with Crippen LogP contribution in [0, 0.1) is 5.82 Å². The molecule has 6 heteroatoms. The molecule has 1 N–H and O–H groups in total. The van der Waals surface area contributed by atoms with Crippen molar-refractivity contribution in [3.8, 4) is 0 Å². The molecule has 2 aliphatic heterocycles. The molecule has 5 nitrogen and oxygen atoms in total. The van der Waals surface area contributed by atoms with Crippen molar-refractivity contribution in [1.29, 1.82) is 0 Å². The lowest BCUT2D eigenvalue weighted by molar-refractivity contribution is -0.127. The minimum Gasteiger partial charge on any atom is -0.378 e. The number of nitrogens with one attached hydrogen (secondary N) is 1. The van der Waals surface area contributed by atoms with Crippen LogP contribution in [0.2, 0.25) is 0 Å². The van der Waals surface area contributed by atoms with E-state index in [0.29, 0.717) is 38.5 Å². The lowest BCUT2D eigenvalue weighted by Gasteiger charge is -2.33. The summed E-state index contributed by atoms with van der Waals surface area (Å²) < 4.78 is 19.7. The summed E-state index contributed by atoms with van der Waals surface area (Å²) in [6.07, 6.45) is 3.16. The van der Waals surface area contributed by atoms with Crippen molar-refractivity contribution < 1.29 is 13.9 Å². The molecule has 1 aromatic rings. The largest absolute Gasteiger partial charge is 0.378 e. The molecule has 2 aliphatic rings. The van der Waals surface area contributed by atoms with Gasteiger partial charge in [-0.25, -0.2) is 4.39 Å². The van der Waals surface area contributed by atoms with Crippen molar-refractivity contribution in [3.05, 3.63) is 29.6 Å². The van der Waals surface area contributed by atoms with Crippen LogP contribution in [0.4, 0.5) is 10.1 Å². The summed E-state index contributed by atoms with van der Waals surface area (Å²) in [4.78, 5) is 16.7. The topological polar surface area (TPSA) is 44.8 Å². The van der Waals surface area contributed by atoms with Crippen LogP contribution in [0.25, 0.3) is 0 Å². The SMILES string of the molecule is CCN1CCCC[C@H]1C(=O)NCc1ccc(N2CCOCC2)c(F)c1. The summed E-state index contributed by atoms with van der Waals surface area (Å²) in [5.41, 5.74) is 1.41. The highest BCUT2D eigenvalue weighted by molar-refractivity contribution is 5.81. The molecule has 0 radical (unpaired) electrons. The number of ether oxygens (including phenoxy) is 1. The average Bonchev–Trinajstić information content (AvgIpc) is 2.66. The molecule has 1 amide bonds. The fraction of sp³-hybridized carbons (Fsp3) is 0.632. The van der Waals surface area contributed by atoms with Gasteiger partial charge in [0, 0.05) is 19.6 Å². The van der Waals surface area contributed by atoms with Crippen LogP contribution in [0.3, 0.4) is 0 Å². The van der Waals surface area contributed by atoms with E-state index in [2.05, 4.69) is 17.1 Å². The Morgan fingerprint density at radius 2 is 2.08 bits per heavy atom. The van der Waals surface area contributed by atoms with Crippen LogP contribution in [-0.2, 0) is 16.1 Å². The van der Waals surface area contributed by atoms with Crippen LogP contribution in [0.1, 0.15) is 31.7 Å². The summed E-state index contributed by atoms with van der Waals surface area (Å²) in [5, 5.41) is 2.98. The maximum Gasteiger partial charge on any atom is 0.237 e. The van der Waals surface area contributed by atoms with E-state index in [-0.39, 0.29) is 17.8 Å². The Labute approximate surface area is 149 Å². The van der Waals surface area contributed by atoms with Gasteiger partial charge in [-0.05, 0) is 43.6 Å². The van der Waals surface area contributed by atoms with Gasteiger partial charge in [0.2, 0.25) is 5.91 Å². The van der Waals surface area contributed by atoms with Gasteiger partial charge in [-0.1, -0.05) is 19.4 Å². The molecule has 2 saturated heterocycles. The Balaban J connectivity index is 1.57.